The molecule has 3 aliphatic rings. The number of rotatable bonds is 2. The van der Waals surface area contributed by atoms with E-state index in [1.165, 1.54) is 11.3 Å². The second-order valence-corrected chi connectivity index (χ2v) is 6.98. The number of amides is 1. The van der Waals surface area contributed by atoms with Crippen LogP contribution in [0, 0.1) is 22.7 Å². The Balaban J connectivity index is 1.60. The Morgan fingerprint density at radius 1 is 1.48 bits per heavy atom. The number of nitrogens with one attached hydrogen (secondary N) is 1. The summed E-state index contributed by atoms with van der Waals surface area (Å²) in [7, 11) is 0. The molecule has 0 aromatic carbocycles. The van der Waals surface area contributed by atoms with Crippen LogP contribution in [-0.4, -0.2) is 40.2 Å². The molecule has 8 nitrogen and oxygen atoms in total. The van der Waals surface area contributed by atoms with E-state index in [4.69, 9.17) is 11.6 Å². The van der Waals surface area contributed by atoms with Gasteiger partial charge in [-0.3, -0.25) is 9.80 Å². The summed E-state index contributed by atoms with van der Waals surface area (Å²) in [4.78, 5) is 21.8. The summed E-state index contributed by atoms with van der Waals surface area (Å²) in [6.07, 6.45) is 6.42. The summed E-state index contributed by atoms with van der Waals surface area (Å²) in [5.41, 5.74) is 7.96. The average molecular weight is 339 g/mol. The molecule has 1 aliphatic carbocycles. The molecule has 4 rings (SSSR count). The van der Waals surface area contributed by atoms with E-state index in [2.05, 4.69) is 16.0 Å². The highest BCUT2D eigenvalue weighted by atomic mass is 16.2. The van der Waals surface area contributed by atoms with Crippen LogP contribution < -0.4 is 11.6 Å². The number of aliphatic imine (C=N–C) groups is 1. The number of aromatic nitrogens is 1. The van der Waals surface area contributed by atoms with Crippen LogP contribution in [0.3, 0.4) is 0 Å². The second kappa shape index (κ2) is 5.63. The minimum Gasteiger partial charge on any atom is -0.400 e. The number of piperidine rings is 1. The van der Waals surface area contributed by atoms with Crippen LogP contribution >= 0.6 is 0 Å². The Morgan fingerprint density at radius 3 is 3.00 bits per heavy atom. The molecule has 8 heteroatoms. The molecule has 0 spiro atoms. The second-order valence-electron chi connectivity index (χ2n) is 6.98. The molecule has 1 atom stereocenters. The summed E-state index contributed by atoms with van der Waals surface area (Å²) in [6.45, 7) is 1.22. The molecule has 3 heterocycles. The molecule has 5 N–H and O–H groups in total. The van der Waals surface area contributed by atoms with Gasteiger partial charge < -0.3 is 15.6 Å². The van der Waals surface area contributed by atoms with Gasteiger partial charge in [-0.15, -0.1) is 0 Å². The Hall–Kier alpha value is -2.79. The van der Waals surface area contributed by atoms with Crippen LogP contribution in [0.15, 0.2) is 23.0 Å². The third kappa shape index (κ3) is 2.48. The molecule has 130 valence electrons. The Labute approximate surface area is 145 Å². The quantitative estimate of drug-likeness (QED) is 0.694. The first-order valence-electron chi connectivity index (χ1n) is 8.52. The number of hydrogen-bond donors (Lipinski definition) is 3. The zero-order chi connectivity index (χ0) is 17.6. The highest BCUT2D eigenvalue weighted by molar-refractivity contribution is 5.89. The number of H-pyrrole nitrogens is 1. The molecule has 0 radical (unpaired) electrons. The molecule has 2 aliphatic heterocycles. The molecule has 1 saturated heterocycles. The Kier molecular flexibility index (Phi) is 3.54. The first-order chi connectivity index (χ1) is 12.1. The molecule has 2 fully saturated rings. The van der Waals surface area contributed by atoms with Gasteiger partial charge in [-0.25, -0.2) is 10.8 Å². The van der Waals surface area contributed by atoms with Crippen molar-refractivity contribution in [2.24, 2.45) is 27.9 Å². The van der Waals surface area contributed by atoms with Crippen molar-refractivity contribution in [1.82, 2.24) is 14.9 Å². The van der Waals surface area contributed by atoms with Gasteiger partial charge >= 0.3 is 0 Å². The standard InChI is InChI=1S/C17H21N7O/c18-9-17(4-5-17)16(25)23-7-1-2-11(8-23)13(19)14-12-3-6-21-15(12)22-10-24(14)20/h3,6,10-11,21H,1-2,4-5,7-8,19-20H2/b14-13-. The molecule has 1 aromatic rings. The fraction of sp³-hybridized carbons (Fsp3) is 0.471. The third-order valence-electron chi connectivity index (χ3n) is 5.34. The van der Waals surface area contributed by atoms with E-state index in [9.17, 15) is 10.1 Å². The smallest absolute Gasteiger partial charge is 0.243 e. The van der Waals surface area contributed by atoms with Gasteiger partial charge in [0.15, 0.2) is 0 Å². The summed E-state index contributed by atoms with van der Waals surface area (Å²) in [5, 5.41) is 10.7. The zero-order valence-corrected chi connectivity index (χ0v) is 13.9. The number of likely N-dealkylation sites (tertiary alicyclic amines) is 1. The lowest BCUT2D eigenvalue weighted by Gasteiger charge is -2.35. The van der Waals surface area contributed by atoms with Gasteiger partial charge in [-0.05, 0) is 31.7 Å². The number of hydrazine groups is 1. The number of hydrogen-bond acceptors (Lipinski definition) is 6. The maximum atomic E-state index is 12.7. The van der Waals surface area contributed by atoms with Gasteiger partial charge in [0.1, 0.15) is 17.6 Å². The van der Waals surface area contributed by atoms with Crippen LogP contribution in [0.5, 0.6) is 0 Å². The van der Waals surface area contributed by atoms with Crippen molar-refractivity contribution in [3.8, 4) is 6.07 Å². The van der Waals surface area contributed by atoms with Crippen LogP contribution in [0.1, 0.15) is 31.2 Å². The molecule has 25 heavy (non-hydrogen) atoms. The summed E-state index contributed by atoms with van der Waals surface area (Å²) in [5.74, 6) is 6.76. The van der Waals surface area contributed by atoms with Crippen molar-refractivity contribution in [2.75, 3.05) is 13.1 Å². The van der Waals surface area contributed by atoms with Crippen molar-refractivity contribution in [2.45, 2.75) is 25.7 Å². The molecular formula is C17H21N7O. The average Bonchev–Trinajstić information content (AvgIpc) is 3.30. The van der Waals surface area contributed by atoms with Gasteiger partial charge in [-0.2, -0.15) is 5.26 Å². The maximum absolute atomic E-state index is 12.7. The van der Waals surface area contributed by atoms with Crippen LogP contribution in [0.2, 0.25) is 0 Å². The Bertz CT molecular complexity index is 811. The van der Waals surface area contributed by atoms with Gasteiger partial charge in [0, 0.05) is 36.5 Å². The van der Waals surface area contributed by atoms with Crippen LogP contribution in [-0.2, 0) is 4.79 Å². The molecule has 0 bridgehead atoms. The van der Waals surface area contributed by atoms with Gasteiger partial charge in [0.2, 0.25) is 5.91 Å². The van der Waals surface area contributed by atoms with E-state index >= 15 is 0 Å². The molecule has 1 saturated carbocycles. The van der Waals surface area contributed by atoms with Crippen molar-refractivity contribution < 1.29 is 4.79 Å². The van der Waals surface area contributed by atoms with Gasteiger partial charge in [-0.1, -0.05) is 0 Å². The predicted molar refractivity (Wildman–Crippen MR) is 92.7 cm³/mol. The van der Waals surface area contributed by atoms with Crippen molar-refractivity contribution in [3.63, 3.8) is 0 Å². The maximum Gasteiger partial charge on any atom is 0.243 e. The Morgan fingerprint density at radius 2 is 2.28 bits per heavy atom. The van der Waals surface area contributed by atoms with Crippen LogP contribution in [0.4, 0.5) is 5.82 Å². The molecule has 1 unspecified atom stereocenters. The van der Waals surface area contributed by atoms with E-state index < -0.39 is 5.41 Å². The zero-order valence-electron chi connectivity index (χ0n) is 13.9. The van der Waals surface area contributed by atoms with E-state index in [1.807, 2.05) is 6.07 Å². The number of aromatic amines is 1. The lowest BCUT2D eigenvalue weighted by molar-refractivity contribution is -0.136. The summed E-state index contributed by atoms with van der Waals surface area (Å²) < 4.78 is 0. The fourth-order valence-corrected chi connectivity index (χ4v) is 3.69. The summed E-state index contributed by atoms with van der Waals surface area (Å²) >= 11 is 0. The van der Waals surface area contributed by atoms with Gasteiger partial charge in [0.25, 0.3) is 0 Å². The normalized spacial score (nSPS) is 26.0. The molecule has 1 aromatic heterocycles. The van der Waals surface area contributed by atoms with E-state index in [0.29, 0.717) is 31.6 Å². The first kappa shape index (κ1) is 15.7. The lowest BCUT2D eigenvalue weighted by Crippen LogP contribution is -2.45. The van der Waals surface area contributed by atoms with Gasteiger partial charge in [0.05, 0.1) is 11.8 Å². The molecular weight excluding hydrogens is 318 g/mol. The highest BCUT2D eigenvalue weighted by Crippen LogP contribution is 2.47. The summed E-state index contributed by atoms with van der Waals surface area (Å²) in [6, 6.07) is 4.09. The lowest BCUT2D eigenvalue weighted by atomic mass is 9.91. The van der Waals surface area contributed by atoms with Crippen molar-refractivity contribution in [3.05, 3.63) is 23.5 Å². The number of carbonyl (C=O) groups is 1. The topological polar surface area (TPSA) is 128 Å². The monoisotopic (exact) mass is 339 g/mol. The van der Waals surface area contributed by atoms with Crippen molar-refractivity contribution >= 4 is 23.8 Å². The number of fused-ring (bicyclic) bond motifs is 1. The first-order valence-corrected chi connectivity index (χ1v) is 8.52. The van der Waals surface area contributed by atoms with E-state index in [1.54, 1.807) is 11.1 Å². The number of carbonyl (C=O) groups excluding carboxylic acids is 1. The minimum absolute atomic E-state index is 0.0162. The third-order valence-corrected chi connectivity index (χ3v) is 5.34. The van der Waals surface area contributed by atoms with E-state index in [0.717, 1.165) is 29.9 Å². The number of nitrogens with two attached hydrogens (primary N) is 2. The molecule has 1 amide bonds. The highest BCUT2D eigenvalue weighted by Gasteiger charge is 2.53. The van der Waals surface area contributed by atoms with E-state index in [-0.39, 0.29) is 11.8 Å². The minimum atomic E-state index is -0.783. The number of nitriles is 1. The SMILES string of the molecule is N#CC1(C(=O)N2CCCC(/C(N)=C3\c4cc[nH]c4N=CN3N)C2)CC1. The fourth-order valence-electron chi connectivity index (χ4n) is 3.69. The largest absolute Gasteiger partial charge is 0.400 e. The van der Waals surface area contributed by atoms with Crippen LogP contribution in [0.25, 0.3) is 5.70 Å². The predicted octanol–water partition coefficient (Wildman–Crippen LogP) is 1.03. The number of nitrogens with zero attached hydrogens (tertiary/aromatic N) is 4. The van der Waals surface area contributed by atoms with Crippen molar-refractivity contribution in [1.29, 1.82) is 5.26 Å².